The molecule has 0 aliphatic carbocycles. The van der Waals surface area contributed by atoms with Crippen molar-refractivity contribution in [3.63, 3.8) is 0 Å². The molecule has 1 saturated heterocycles. The van der Waals surface area contributed by atoms with Crippen LogP contribution in [0, 0.1) is 0 Å². The molecule has 1 atom stereocenters. The summed E-state index contributed by atoms with van der Waals surface area (Å²) in [6.45, 7) is 3.80. The summed E-state index contributed by atoms with van der Waals surface area (Å²) in [6.07, 6.45) is 1.95. The predicted molar refractivity (Wildman–Crippen MR) is 69.1 cm³/mol. The van der Waals surface area contributed by atoms with Crippen LogP contribution in [-0.2, 0) is 0 Å². The van der Waals surface area contributed by atoms with E-state index in [2.05, 4.69) is 17.0 Å². The van der Waals surface area contributed by atoms with Crippen molar-refractivity contribution >= 4 is 5.69 Å². The quantitative estimate of drug-likeness (QED) is 0.843. The second-order valence-electron chi connectivity index (χ2n) is 4.73. The summed E-state index contributed by atoms with van der Waals surface area (Å²) in [7, 11) is 0. The molecule has 3 heteroatoms. The molecular formula is C14H21NO2. The van der Waals surface area contributed by atoms with Gasteiger partial charge in [0.1, 0.15) is 0 Å². The van der Waals surface area contributed by atoms with Crippen LogP contribution in [0.5, 0.6) is 0 Å². The summed E-state index contributed by atoms with van der Waals surface area (Å²) < 4.78 is 0. The van der Waals surface area contributed by atoms with Gasteiger partial charge < -0.3 is 15.1 Å². The number of nitrogens with zero attached hydrogens (tertiary/aromatic N) is 1. The Labute approximate surface area is 103 Å². The average molecular weight is 235 g/mol. The Bertz CT molecular complexity index is 342. The van der Waals surface area contributed by atoms with Crippen molar-refractivity contribution in [1.82, 2.24) is 0 Å². The summed E-state index contributed by atoms with van der Waals surface area (Å²) in [5.41, 5.74) is 2.16. The van der Waals surface area contributed by atoms with Crippen LogP contribution in [0.15, 0.2) is 24.3 Å². The third-order valence-electron chi connectivity index (χ3n) is 3.49. The van der Waals surface area contributed by atoms with E-state index in [1.165, 1.54) is 5.69 Å². The summed E-state index contributed by atoms with van der Waals surface area (Å²) >= 11 is 0. The first-order chi connectivity index (χ1) is 8.20. The largest absolute Gasteiger partial charge is 0.393 e. The van der Waals surface area contributed by atoms with Gasteiger partial charge in [-0.25, -0.2) is 0 Å². The van der Waals surface area contributed by atoms with E-state index in [0.29, 0.717) is 0 Å². The molecule has 1 aromatic rings. The number of hydrogen-bond donors (Lipinski definition) is 2. The van der Waals surface area contributed by atoms with Crippen molar-refractivity contribution in [3.8, 4) is 0 Å². The van der Waals surface area contributed by atoms with E-state index in [1.54, 1.807) is 0 Å². The van der Waals surface area contributed by atoms with E-state index in [0.717, 1.165) is 37.9 Å². The number of aliphatic hydroxyl groups is 2. The van der Waals surface area contributed by atoms with E-state index in [-0.39, 0.29) is 12.2 Å². The van der Waals surface area contributed by atoms with Gasteiger partial charge in [-0.1, -0.05) is 19.1 Å². The van der Waals surface area contributed by atoms with Crippen molar-refractivity contribution in [2.75, 3.05) is 18.0 Å². The highest BCUT2D eigenvalue weighted by molar-refractivity contribution is 5.48. The second kappa shape index (κ2) is 5.52. The molecule has 17 heavy (non-hydrogen) atoms. The summed E-state index contributed by atoms with van der Waals surface area (Å²) in [5, 5.41) is 19.2. The first-order valence-electron chi connectivity index (χ1n) is 6.41. The first kappa shape index (κ1) is 12.4. The normalized spacial score (nSPS) is 19.4. The van der Waals surface area contributed by atoms with Crippen molar-refractivity contribution in [2.45, 2.75) is 38.4 Å². The number of aliphatic hydroxyl groups excluding tert-OH is 2. The van der Waals surface area contributed by atoms with Gasteiger partial charge in [0.25, 0.3) is 0 Å². The Morgan fingerprint density at radius 2 is 1.82 bits per heavy atom. The average Bonchev–Trinajstić information content (AvgIpc) is 2.39. The van der Waals surface area contributed by atoms with Crippen molar-refractivity contribution in [3.05, 3.63) is 29.8 Å². The van der Waals surface area contributed by atoms with Crippen LogP contribution in [0.4, 0.5) is 5.69 Å². The monoisotopic (exact) mass is 235 g/mol. The molecule has 1 aromatic carbocycles. The van der Waals surface area contributed by atoms with Gasteiger partial charge in [0.2, 0.25) is 0 Å². The van der Waals surface area contributed by atoms with Gasteiger partial charge in [0, 0.05) is 18.8 Å². The Hall–Kier alpha value is -1.06. The molecule has 0 spiro atoms. The molecule has 0 saturated carbocycles. The lowest BCUT2D eigenvalue weighted by atomic mass is 10.0. The fourth-order valence-corrected chi connectivity index (χ4v) is 2.27. The zero-order chi connectivity index (χ0) is 12.3. The molecule has 2 rings (SSSR count). The minimum atomic E-state index is -0.354. The Morgan fingerprint density at radius 1 is 1.24 bits per heavy atom. The van der Waals surface area contributed by atoms with Gasteiger partial charge in [-0.15, -0.1) is 0 Å². The molecule has 1 heterocycles. The lowest BCUT2D eigenvalue weighted by Gasteiger charge is -2.31. The molecule has 0 aromatic heterocycles. The van der Waals surface area contributed by atoms with E-state index < -0.39 is 0 Å². The van der Waals surface area contributed by atoms with Crippen LogP contribution in [-0.4, -0.2) is 29.4 Å². The number of rotatable bonds is 3. The van der Waals surface area contributed by atoms with Gasteiger partial charge >= 0.3 is 0 Å². The highest BCUT2D eigenvalue weighted by Gasteiger charge is 2.17. The maximum atomic E-state index is 9.72. The topological polar surface area (TPSA) is 43.7 Å². The van der Waals surface area contributed by atoms with Gasteiger partial charge in [-0.05, 0) is 37.0 Å². The molecule has 1 fully saturated rings. The fourth-order valence-electron chi connectivity index (χ4n) is 2.27. The SMILES string of the molecule is CCC(O)c1ccc(N2CCC(O)CC2)cc1. The first-order valence-corrected chi connectivity index (χ1v) is 6.41. The number of hydrogen-bond acceptors (Lipinski definition) is 3. The molecule has 0 radical (unpaired) electrons. The van der Waals surface area contributed by atoms with Gasteiger partial charge in [0.15, 0.2) is 0 Å². The van der Waals surface area contributed by atoms with E-state index in [9.17, 15) is 10.2 Å². The minimum absolute atomic E-state index is 0.132. The number of benzene rings is 1. The van der Waals surface area contributed by atoms with Crippen molar-refractivity contribution in [2.24, 2.45) is 0 Å². The molecule has 3 nitrogen and oxygen atoms in total. The number of anilines is 1. The van der Waals surface area contributed by atoms with Crippen LogP contribution in [0.3, 0.4) is 0 Å². The zero-order valence-electron chi connectivity index (χ0n) is 10.3. The highest BCUT2D eigenvalue weighted by Crippen LogP contribution is 2.23. The van der Waals surface area contributed by atoms with Crippen LogP contribution in [0.2, 0.25) is 0 Å². The maximum Gasteiger partial charge on any atom is 0.0787 e. The standard InChI is InChI=1S/C14H21NO2/c1-2-14(17)11-3-5-12(6-4-11)15-9-7-13(16)8-10-15/h3-6,13-14,16-17H,2,7-10H2,1H3. The molecular weight excluding hydrogens is 214 g/mol. The molecule has 1 unspecified atom stereocenters. The lowest BCUT2D eigenvalue weighted by molar-refractivity contribution is 0.145. The molecule has 2 N–H and O–H groups in total. The summed E-state index contributed by atoms with van der Waals surface area (Å²) in [6, 6.07) is 8.11. The Morgan fingerprint density at radius 3 is 2.35 bits per heavy atom. The lowest BCUT2D eigenvalue weighted by Crippen LogP contribution is -2.35. The second-order valence-corrected chi connectivity index (χ2v) is 4.73. The van der Waals surface area contributed by atoms with E-state index >= 15 is 0 Å². The molecule has 94 valence electrons. The van der Waals surface area contributed by atoms with E-state index in [1.807, 2.05) is 19.1 Å². The minimum Gasteiger partial charge on any atom is -0.393 e. The van der Waals surface area contributed by atoms with Gasteiger partial charge in [-0.2, -0.15) is 0 Å². The maximum absolute atomic E-state index is 9.72. The third kappa shape index (κ3) is 2.99. The number of piperidine rings is 1. The van der Waals surface area contributed by atoms with Crippen molar-refractivity contribution < 1.29 is 10.2 Å². The van der Waals surface area contributed by atoms with Gasteiger partial charge in [-0.3, -0.25) is 0 Å². The predicted octanol–water partition coefficient (Wildman–Crippen LogP) is 2.09. The van der Waals surface area contributed by atoms with Crippen LogP contribution in [0.25, 0.3) is 0 Å². The molecule has 0 amide bonds. The summed E-state index contributed by atoms with van der Waals surface area (Å²) in [4.78, 5) is 2.29. The Balaban J connectivity index is 2.02. The van der Waals surface area contributed by atoms with Gasteiger partial charge in [0.05, 0.1) is 12.2 Å². The van der Waals surface area contributed by atoms with E-state index in [4.69, 9.17) is 0 Å². The zero-order valence-corrected chi connectivity index (χ0v) is 10.3. The highest BCUT2D eigenvalue weighted by atomic mass is 16.3. The Kier molecular flexibility index (Phi) is 4.02. The fraction of sp³-hybridized carbons (Fsp3) is 0.571. The smallest absolute Gasteiger partial charge is 0.0787 e. The molecule has 1 aliphatic rings. The van der Waals surface area contributed by atoms with Crippen LogP contribution in [0.1, 0.15) is 37.9 Å². The van der Waals surface area contributed by atoms with Crippen LogP contribution < -0.4 is 4.90 Å². The summed E-state index contributed by atoms with van der Waals surface area (Å²) in [5.74, 6) is 0. The molecule has 0 bridgehead atoms. The third-order valence-corrected chi connectivity index (χ3v) is 3.49. The van der Waals surface area contributed by atoms with Crippen molar-refractivity contribution in [1.29, 1.82) is 0 Å². The van der Waals surface area contributed by atoms with Crippen LogP contribution >= 0.6 is 0 Å². The molecule has 1 aliphatic heterocycles.